The van der Waals surface area contributed by atoms with Gasteiger partial charge in [-0.3, -0.25) is 0 Å². The molecule has 2 rings (SSSR count). The summed E-state index contributed by atoms with van der Waals surface area (Å²) in [5.41, 5.74) is 2.43. The predicted molar refractivity (Wildman–Crippen MR) is 70.3 cm³/mol. The van der Waals surface area contributed by atoms with E-state index < -0.39 is 0 Å². The summed E-state index contributed by atoms with van der Waals surface area (Å²) in [7, 11) is 1.59. The molecule has 0 fully saturated rings. The fraction of sp³-hybridized carbons (Fsp3) is 0.214. The van der Waals surface area contributed by atoms with Crippen LogP contribution in [0, 0.1) is 11.3 Å². The lowest BCUT2D eigenvalue weighted by molar-refractivity contribution is 0.397. The molecule has 2 aromatic heterocycles. The van der Waals surface area contributed by atoms with Gasteiger partial charge >= 0.3 is 0 Å². The van der Waals surface area contributed by atoms with Crippen LogP contribution in [0.5, 0.6) is 5.88 Å². The van der Waals surface area contributed by atoms with Crippen molar-refractivity contribution >= 4 is 0 Å². The lowest BCUT2D eigenvalue weighted by Crippen LogP contribution is -2.14. The molecule has 1 N–H and O–H groups in total. The van der Waals surface area contributed by atoms with Crippen LogP contribution in [0.1, 0.15) is 16.8 Å². The predicted octanol–water partition coefficient (Wildman–Crippen LogP) is 1.65. The molecule has 0 aliphatic carbocycles. The van der Waals surface area contributed by atoms with Crippen LogP contribution >= 0.6 is 0 Å². The zero-order valence-corrected chi connectivity index (χ0v) is 10.6. The molecule has 0 aliphatic rings. The van der Waals surface area contributed by atoms with E-state index in [2.05, 4.69) is 21.4 Å². The van der Waals surface area contributed by atoms with Crippen molar-refractivity contribution in [3.63, 3.8) is 0 Å². The van der Waals surface area contributed by atoms with E-state index in [9.17, 15) is 0 Å². The highest BCUT2D eigenvalue weighted by molar-refractivity contribution is 5.30. The summed E-state index contributed by atoms with van der Waals surface area (Å²) in [5, 5.41) is 12.2. The highest BCUT2D eigenvalue weighted by Crippen LogP contribution is 2.09. The van der Waals surface area contributed by atoms with Crippen molar-refractivity contribution < 1.29 is 4.74 Å². The van der Waals surface area contributed by atoms with Crippen molar-refractivity contribution in [2.45, 2.75) is 13.1 Å². The van der Waals surface area contributed by atoms with Crippen LogP contribution in [0.3, 0.4) is 0 Å². The van der Waals surface area contributed by atoms with Gasteiger partial charge in [-0.15, -0.1) is 0 Å². The Bertz CT molecular complexity index is 592. The van der Waals surface area contributed by atoms with Crippen molar-refractivity contribution in [1.82, 2.24) is 15.3 Å². The maximum atomic E-state index is 8.94. The largest absolute Gasteiger partial charge is 0.481 e. The van der Waals surface area contributed by atoms with E-state index in [1.807, 2.05) is 24.3 Å². The van der Waals surface area contributed by atoms with Crippen molar-refractivity contribution in [3.8, 4) is 11.9 Å². The molecular weight excluding hydrogens is 240 g/mol. The average Bonchev–Trinajstić information content (AvgIpc) is 2.48. The summed E-state index contributed by atoms with van der Waals surface area (Å²) < 4.78 is 5.06. The standard InChI is InChI=1S/C14H14N4O/c1-19-14-7-11(4-6-18-14)9-16-10-12-3-2-5-17-13(12)8-15/h2-7,16H,9-10H2,1H3. The number of nitrogens with zero attached hydrogens (tertiary/aromatic N) is 3. The Morgan fingerprint density at radius 1 is 1.26 bits per heavy atom. The van der Waals surface area contributed by atoms with Gasteiger partial charge in [-0.1, -0.05) is 6.07 Å². The Labute approximate surface area is 111 Å². The Balaban J connectivity index is 1.94. The molecule has 0 bridgehead atoms. The SMILES string of the molecule is COc1cc(CNCc2cccnc2C#N)ccn1. The van der Waals surface area contributed by atoms with Gasteiger partial charge in [0, 0.05) is 37.1 Å². The van der Waals surface area contributed by atoms with Gasteiger partial charge in [0.2, 0.25) is 5.88 Å². The maximum absolute atomic E-state index is 8.94. The van der Waals surface area contributed by atoms with E-state index in [1.165, 1.54) is 0 Å². The Hall–Kier alpha value is -2.45. The van der Waals surface area contributed by atoms with Gasteiger partial charge in [-0.05, 0) is 17.7 Å². The molecule has 19 heavy (non-hydrogen) atoms. The zero-order valence-electron chi connectivity index (χ0n) is 10.6. The molecule has 0 atom stereocenters. The smallest absolute Gasteiger partial charge is 0.213 e. The molecule has 0 saturated heterocycles. The molecule has 0 radical (unpaired) electrons. The summed E-state index contributed by atoms with van der Waals surface area (Å²) in [4.78, 5) is 8.07. The molecule has 0 amide bonds. The topological polar surface area (TPSA) is 70.8 Å². The molecule has 0 saturated carbocycles. The van der Waals surface area contributed by atoms with Crippen molar-refractivity contribution in [2.75, 3.05) is 7.11 Å². The highest BCUT2D eigenvalue weighted by atomic mass is 16.5. The van der Waals surface area contributed by atoms with Gasteiger partial charge in [0.1, 0.15) is 11.8 Å². The van der Waals surface area contributed by atoms with E-state index in [-0.39, 0.29) is 0 Å². The second-order valence-electron chi connectivity index (χ2n) is 3.93. The minimum atomic E-state index is 0.460. The maximum Gasteiger partial charge on any atom is 0.213 e. The number of pyridine rings is 2. The number of ether oxygens (including phenoxy) is 1. The lowest BCUT2D eigenvalue weighted by Gasteiger charge is -2.07. The molecule has 2 heterocycles. The van der Waals surface area contributed by atoms with Gasteiger partial charge in [-0.2, -0.15) is 5.26 Å². The fourth-order valence-electron chi connectivity index (χ4n) is 1.70. The highest BCUT2D eigenvalue weighted by Gasteiger charge is 2.02. The number of nitriles is 1. The first-order chi connectivity index (χ1) is 9.33. The normalized spacial score (nSPS) is 9.89. The molecule has 2 aromatic rings. The number of aromatic nitrogens is 2. The molecule has 5 heteroatoms. The zero-order chi connectivity index (χ0) is 13.5. The number of nitrogens with one attached hydrogen (secondary N) is 1. The van der Waals surface area contributed by atoms with Crippen LogP contribution in [-0.2, 0) is 13.1 Å². The summed E-state index contributed by atoms with van der Waals surface area (Å²) in [6, 6.07) is 9.60. The third-order valence-electron chi connectivity index (χ3n) is 2.65. The molecule has 96 valence electrons. The molecule has 0 unspecified atom stereocenters. The van der Waals surface area contributed by atoms with Crippen LogP contribution in [0.15, 0.2) is 36.7 Å². The third kappa shape index (κ3) is 3.50. The first-order valence-corrected chi connectivity index (χ1v) is 5.87. The average molecular weight is 254 g/mol. The minimum absolute atomic E-state index is 0.460. The van der Waals surface area contributed by atoms with Crippen LogP contribution in [0.25, 0.3) is 0 Å². The number of hydrogen-bond donors (Lipinski definition) is 1. The van der Waals surface area contributed by atoms with Crippen LogP contribution in [0.4, 0.5) is 0 Å². The first kappa shape index (κ1) is 13.0. The van der Waals surface area contributed by atoms with Crippen molar-refractivity contribution in [1.29, 1.82) is 5.26 Å². The van der Waals surface area contributed by atoms with Crippen LogP contribution in [0.2, 0.25) is 0 Å². The quantitative estimate of drug-likeness (QED) is 0.878. The van der Waals surface area contributed by atoms with Gasteiger partial charge in [-0.25, -0.2) is 9.97 Å². The summed E-state index contributed by atoms with van der Waals surface area (Å²) in [6.45, 7) is 1.28. The molecule has 0 aliphatic heterocycles. The minimum Gasteiger partial charge on any atom is -0.481 e. The Kier molecular flexibility index (Phi) is 4.43. The second-order valence-corrected chi connectivity index (χ2v) is 3.93. The van der Waals surface area contributed by atoms with E-state index in [4.69, 9.17) is 10.00 Å². The number of hydrogen-bond acceptors (Lipinski definition) is 5. The summed E-state index contributed by atoms with van der Waals surface area (Å²) >= 11 is 0. The van der Waals surface area contributed by atoms with Crippen LogP contribution in [-0.4, -0.2) is 17.1 Å². The van der Waals surface area contributed by atoms with Crippen LogP contribution < -0.4 is 10.1 Å². The molecule has 5 nitrogen and oxygen atoms in total. The van der Waals surface area contributed by atoms with E-state index >= 15 is 0 Å². The Morgan fingerprint density at radius 3 is 2.95 bits per heavy atom. The molecule has 0 spiro atoms. The Morgan fingerprint density at radius 2 is 2.16 bits per heavy atom. The number of methoxy groups -OCH3 is 1. The third-order valence-corrected chi connectivity index (χ3v) is 2.65. The lowest BCUT2D eigenvalue weighted by atomic mass is 10.2. The van der Waals surface area contributed by atoms with Gasteiger partial charge in [0.15, 0.2) is 0 Å². The summed E-state index contributed by atoms with van der Waals surface area (Å²) in [6.07, 6.45) is 3.33. The molecule has 0 aromatic carbocycles. The second kappa shape index (κ2) is 6.47. The monoisotopic (exact) mass is 254 g/mol. The summed E-state index contributed by atoms with van der Waals surface area (Å²) in [5.74, 6) is 0.596. The van der Waals surface area contributed by atoms with Gasteiger partial charge in [0.05, 0.1) is 7.11 Å². The van der Waals surface area contributed by atoms with Gasteiger partial charge in [0.25, 0.3) is 0 Å². The first-order valence-electron chi connectivity index (χ1n) is 5.87. The van der Waals surface area contributed by atoms with E-state index in [0.717, 1.165) is 11.1 Å². The van der Waals surface area contributed by atoms with Crippen molar-refractivity contribution in [2.24, 2.45) is 0 Å². The van der Waals surface area contributed by atoms with Crippen molar-refractivity contribution in [3.05, 3.63) is 53.5 Å². The number of rotatable bonds is 5. The molecular formula is C14H14N4O. The van der Waals surface area contributed by atoms with E-state index in [1.54, 1.807) is 19.5 Å². The fourth-order valence-corrected chi connectivity index (χ4v) is 1.70. The van der Waals surface area contributed by atoms with Gasteiger partial charge < -0.3 is 10.1 Å². The van der Waals surface area contributed by atoms with E-state index in [0.29, 0.717) is 24.7 Å².